The summed E-state index contributed by atoms with van der Waals surface area (Å²) in [6.45, 7) is 2.33. The summed E-state index contributed by atoms with van der Waals surface area (Å²) in [6, 6.07) is 19.8. The van der Waals surface area contributed by atoms with Gasteiger partial charge < -0.3 is 0 Å². The third-order valence-electron chi connectivity index (χ3n) is 6.55. The van der Waals surface area contributed by atoms with E-state index in [-0.39, 0.29) is 0 Å². The molecular weight excluding hydrogens is 348 g/mol. The average molecular weight is 387 g/mol. The molecule has 0 unspecified atom stereocenters. The molecule has 0 heterocycles. The third kappa shape index (κ3) is 8.10. The van der Waals surface area contributed by atoms with Gasteiger partial charge in [0, 0.05) is 12.0 Å². The minimum atomic E-state index is 0.957. The van der Waals surface area contributed by atoms with E-state index in [1.165, 1.54) is 75.3 Å². The highest BCUT2D eigenvalue weighted by atomic mass is 14.3. The second-order valence-electron chi connectivity index (χ2n) is 8.91. The van der Waals surface area contributed by atoms with Crippen molar-refractivity contribution in [2.24, 2.45) is 11.8 Å². The van der Waals surface area contributed by atoms with Crippen LogP contribution in [0.25, 0.3) is 0 Å². The first-order chi connectivity index (χ1) is 14.3. The highest BCUT2D eigenvalue weighted by Gasteiger charge is 2.20. The SMILES string of the molecule is CCCC1CCC(CCc2ccc(C#CCCCCc3ccccc3)cc2)CC1. The predicted octanol–water partition coefficient (Wildman–Crippen LogP) is 7.99. The van der Waals surface area contributed by atoms with E-state index in [0.29, 0.717) is 0 Å². The number of benzene rings is 2. The Morgan fingerprint density at radius 3 is 2.07 bits per heavy atom. The summed E-state index contributed by atoms with van der Waals surface area (Å²) in [5.41, 5.74) is 4.08. The van der Waals surface area contributed by atoms with E-state index >= 15 is 0 Å². The van der Waals surface area contributed by atoms with Gasteiger partial charge in [0.1, 0.15) is 0 Å². The lowest BCUT2D eigenvalue weighted by Gasteiger charge is -2.28. The summed E-state index contributed by atoms with van der Waals surface area (Å²) in [4.78, 5) is 0. The minimum absolute atomic E-state index is 0.957. The van der Waals surface area contributed by atoms with E-state index in [1.807, 2.05) is 0 Å². The summed E-state index contributed by atoms with van der Waals surface area (Å²) in [6.07, 6.45) is 15.8. The molecule has 0 amide bonds. The smallest absolute Gasteiger partial charge is 0.0245 e. The molecule has 0 heteroatoms. The molecule has 0 N–H and O–H groups in total. The largest absolute Gasteiger partial charge is 0.0979 e. The van der Waals surface area contributed by atoms with E-state index in [9.17, 15) is 0 Å². The lowest BCUT2D eigenvalue weighted by Crippen LogP contribution is -2.15. The van der Waals surface area contributed by atoms with Crippen LogP contribution in [0.4, 0.5) is 0 Å². The lowest BCUT2D eigenvalue weighted by molar-refractivity contribution is 0.252. The fraction of sp³-hybridized carbons (Fsp3) is 0.517. The summed E-state index contributed by atoms with van der Waals surface area (Å²) < 4.78 is 0. The molecule has 1 aliphatic carbocycles. The molecule has 1 aliphatic rings. The number of aryl methyl sites for hydroxylation is 2. The van der Waals surface area contributed by atoms with Gasteiger partial charge in [0.2, 0.25) is 0 Å². The van der Waals surface area contributed by atoms with E-state index in [4.69, 9.17) is 0 Å². The Labute approximate surface area is 179 Å². The van der Waals surface area contributed by atoms with Crippen molar-refractivity contribution in [3.05, 3.63) is 71.3 Å². The van der Waals surface area contributed by atoms with E-state index in [2.05, 4.69) is 73.4 Å². The van der Waals surface area contributed by atoms with E-state index in [0.717, 1.165) is 30.2 Å². The normalized spacial score (nSPS) is 18.8. The van der Waals surface area contributed by atoms with Crippen molar-refractivity contribution >= 4 is 0 Å². The van der Waals surface area contributed by atoms with Gasteiger partial charge in [0.05, 0.1) is 0 Å². The maximum Gasteiger partial charge on any atom is 0.0245 e. The molecule has 2 aromatic carbocycles. The Bertz CT molecular complexity index is 736. The second-order valence-corrected chi connectivity index (χ2v) is 8.91. The van der Waals surface area contributed by atoms with Crippen molar-refractivity contribution in [1.29, 1.82) is 0 Å². The third-order valence-corrected chi connectivity index (χ3v) is 6.55. The van der Waals surface area contributed by atoms with Crippen molar-refractivity contribution in [3.63, 3.8) is 0 Å². The Balaban J connectivity index is 1.31. The molecular formula is C29H38. The van der Waals surface area contributed by atoms with Crippen LogP contribution in [0.5, 0.6) is 0 Å². The van der Waals surface area contributed by atoms with Crippen LogP contribution in [0.2, 0.25) is 0 Å². The van der Waals surface area contributed by atoms with Gasteiger partial charge in [-0.25, -0.2) is 0 Å². The molecule has 2 aromatic rings. The van der Waals surface area contributed by atoms with Gasteiger partial charge >= 0.3 is 0 Å². The standard InChI is InChI=1S/C29H38/c1-2-10-25-15-19-28(20-16-25)23-24-29-21-17-27(18-22-29)14-7-4-3-6-11-26-12-8-5-9-13-26/h5,8-9,12-13,17-18,21-22,25,28H,2-4,6,10-11,15-16,19-20,23-24H2,1H3. The first-order valence-electron chi connectivity index (χ1n) is 11.9. The quantitative estimate of drug-likeness (QED) is 0.302. The minimum Gasteiger partial charge on any atom is -0.0979 e. The van der Waals surface area contributed by atoms with Crippen LogP contribution in [0.1, 0.15) is 87.8 Å². The first-order valence-corrected chi connectivity index (χ1v) is 11.9. The fourth-order valence-corrected chi connectivity index (χ4v) is 4.69. The van der Waals surface area contributed by atoms with Gasteiger partial charge in [-0.05, 0) is 67.2 Å². The summed E-state index contributed by atoms with van der Waals surface area (Å²) in [5.74, 6) is 8.68. The lowest BCUT2D eigenvalue weighted by atomic mass is 9.78. The summed E-state index contributed by atoms with van der Waals surface area (Å²) in [5, 5.41) is 0. The highest BCUT2D eigenvalue weighted by Crippen LogP contribution is 2.33. The fourth-order valence-electron chi connectivity index (χ4n) is 4.69. The van der Waals surface area contributed by atoms with Crippen molar-refractivity contribution in [2.45, 2.75) is 84.0 Å². The van der Waals surface area contributed by atoms with E-state index < -0.39 is 0 Å². The van der Waals surface area contributed by atoms with Crippen molar-refractivity contribution in [3.8, 4) is 11.8 Å². The van der Waals surface area contributed by atoms with Gasteiger partial charge in [0.25, 0.3) is 0 Å². The molecule has 0 nitrogen and oxygen atoms in total. The molecule has 3 rings (SSSR count). The maximum atomic E-state index is 3.36. The molecule has 154 valence electrons. The van der Waals surface area contributed by atoms with Crippen LogP contribution >= 0.6 is 0 Å². The Kier molecular flexibility index (Phi) is 9.38. The number of unbranched alkanes of at least 4 members (excludes halogenated alkanes) is 2. The van der Waals surface area contributed by atoms with Gasteiger partial charge in [-0.2, -0.15) is 0 Å². The molecule has 0 saturated heterocycles. The van der Waals surface area contributed by atoms with Crippen LogP contribution in [0, 0.1) is 23.7 Å². The Hall–Kier alpha value is -2.00. The van der Waals surface area contributed by atoms with Gasteiger partial charge in [-0.1, -0.05) is 99.8 Å². The number of hydrogen-bond donors (Lipinski definition) is 0. The second kappa shape index (κ2) is 12.5. The van der Waals surface area contributed by atoms with Crippen molar-refractivity contribution < 1.29 is 0 Å². The Morgan fingerprint density at radius 1 is 0.724 bits per heavy atom. The molecule has 0 bridgehead atoms. The zero-order chi connectivity index (χ0) is 20.2. The first kappa shape index (κ1) is 21.7. The molecule has 29 heavy (non-hydrogen) atoms. The molecule has 1 fully saturated rings. The summed E-state index contributed by atoms with van der Waals surface area (Å²) in [7, 11) is 0. The average Bonchev–Trinajstić information content (AvgIpc) is 2.77. The van der Waals surface area contributed by atoms with Gasteiger partial charge in [-0.15, -0.1) is 0 Å². The monoisotopic (exact) mass is 386 g/mol. The molecule has 0 radical (unpaired) electrons. The zero-order valence-corrected chi connectivity index (χ0v) is 18.3. The number of rotatable bonds is 9. The molecule has 0 aliphatic heterocycles. The van der Waals surface area contributed by atoms with Gasteiger partial charge in [0.15, 0.2) is 0 Å². The Morgan fingerprint density at radius 2 is 1.38 bits per heavy atom. The van der Waals surface area contributed by atoms with E-state index in [1.54, 1.807) is 0 Å². The zero-order valence-electron chi connectivity index (χ0n) is 18.3. The number of hydrogen-bond acceptors (Lipinski definition) is 0. The van der Waals surface area contributed by atoms with Crippen molar-refractivity contribution in [1.82, 2.24) is 0 Å². The van der Waals surface area contributed by atoms with Crippen LogP contribution in [0.15, 0.2) is 54.6 Å². The van der Waals surface area contributed by atoms with Crippen LogP contribution in [-0.2, 0) is 12.8 Å². The molecule has 0 aromatic heterocycles. The predicted molar refractivity (Wildman–Crippen MR) is 126 cm³/mol. The maximum absolute atomic E-state index is 3.36. The van der Waals surface area contributed by atoms with Crippen LogP contribution < -0.4 is 0 Å². The highest BCUT2D eigenvalue weighted by molar-refractivity contribution is 5.36. The molecule has 0 spiro atoms. The van der Waals surface area contributed by atoms with Crippen molar-refractivity contribution in [2.75, 3.05) is 0 Å². The van der Waals surface area contributed by atoms with Gasteiger partial charge in [-0.3, -0.25) is 0 Å². The van der Waals surface area contributed by atoms with Crippen LogP contribution in [0.3, 0.4) is 0 Å². The molecule has 0 atom stereocenters. The van der Waals surface area contributed by atoms with Crippen LogP contribution in [-0.4, -0.2) is 0 Å². The topological polar surface area (TPSA) is 0 Å². The molecule has 1 saturated carbocycles. The summed E-state index contributed by atoms with van der Waals surface area (Å²) >= 11 is 0.